The van der Waals surface area contributed by atoms with Gasteiger partial charge in [0.2, 0.25) is 0 Å². The van der Waals surface area contributed by atoms with Gasteiger partial charge >= 0.3 is 5.97 Å². The Morgan fingerprint density at radius 3 is 2.48 bits per heavy atom. The number of carbonyl (C=O) groups is 3. The lowest BCUT2D eigenvalue weighted by Gasteiger charge is -2.62. The van der Waals surface area contributed by atoms with Gasteiger partial charge in [0.15, 0.2) is 5.78 Å². The minimum atomic E-state index is -1.31. The number of hydrogen-bond acceptors (Lipinski definition) is 6. The molecule has 3 aliphatic carbocycles. The molecule has 0 aromatic carbocycles. The molecule has 3 unspecified atom stereocenters. The van der Waals surface area contributed by atoms with Crippen LogP contribution in [0, 0.1) is 34.5 Å². The number of allylic oxidation sites excluding steroid dienone is 1. The van der Waals surface area contributed by atoms with Crippen molar-refractivity contribution in [3.63, 3.8) is 0 Å². The van der Waals surface area contributed by atoms with Gasteiger partial charge < -0.3 is 14.9 Å². The summed E-state index contributed by atoms with van der Waals surface area (Å²) < 4.78 is 5.41. The van der Waals surface area contributed by atoms with E-state index >= 15 is 0 Å². The Labute approximate surface area is 146 Å². The number of rotatable bonds is 0. The van der Waals surface area contributed by atoms with Crippen molar-refractivity contribution in [2.24, 2.45) is 34.5 Å². The van der Waals surface area contributed by atoms with Crippen molar-refractivity contribution < 1.29 is 29.3 Å². The Bertz CT molecular complexity index is 725. The van der Waals surface area contributed by atoms with E-state index in [1.54, 1.807) is 20.8 Å². The zero-order valence-corrected chi connectivity index (χ0v) is 14.9. The molecular formula is C19H24O6. The summed E-state index contributed by atoms with van der Waals surface area (Å²) in [6.07, 6.45) is -1.54. The van der Waals surface area contributed by atoms with E-state index in [0.717, 1.165) is 5.57 Å². The number of aliphatic hydroxyl groups is 2. The van der Waals surface area contributed by atoms with Crippen molar-refractivity contribution in [3.05, 3.63) is 11.6 Å². The summed E-state index contributed by atoms with van der Waals surface area (Å²) in [6, 6.07) is 0. The lowest BCUT2D eigenvalue weighted by atomic mass is 9.40. The van der Waals surface area contributed by atoms with E-state index in [4.69, 9.17) is 4.74 Å². The summed E-state index contributed by atoms with van der Waals surface area (Å²) in [5.74, 6) is -2.93. The van der Waals surface area contributed by atoms with Crippen molar-refractivity contribution in [1.82, 2.24) is 0 Å². The second-order valence-corrected chi connectivity index (χ2v) is 8.73. The van der Waals surface area contributed by atoms with Gasteiger partial charge in [0.05, 0.1) is 12.0 Å². The van der Waals surface area contributed by atoms with E-state index in [2.05, 4.69) is 0 Å². The van der Waals surface area contributed by atoms with E-state index < -0.39 is 52.7 Å². The smallest absolute Gasteiger partial charge is 0.310 e. The van der Waals surface area contributed by atoms with Gasteiger partial charge in [0.1, 0.15) is 18.0 Å². The molecule has 3 fully saturated rings. The molecule has 0 spiro atoms. The van der Waals surface area contributed by atoms with Crippen LogP contribution in [0.2, 0.25) is 0 Å². The van der Waals surface area contributed by atoms with Gasteiger partial charge in [-0.2, -0.15) is 0 Å². The number of hydrogen-bond donors (Lipinski definition) is 2. The SMILES string of the molecule is CC1=CC(=O)[C@@H](O)[C@@]2(C)C1CC(=O)[C@]1(C)C2C(O)[C@@H]2OC(=O)[C@H]1[C@H]2C. The molecule has 1 saturated heterocycles. The highest BCUT2D eigenvalue weighted by Crippen LogP contribution is 2.66. The van der Waals surface area contributed by atoms with Gasteiger partial charge in [-0.15, -0.1) is 0 Å². The van der Waals surface area contributed by atoms with E-state index in [9.17, 15) is 24.6 Å². The molecule has 25 heavy (non-hydrogen) atoms. The van der Waals surface area contributed by atoms with E-state index in [1.807, 2.05) is 6.92 Å². The second-order valence-electron chi connectivity index (χ2n) is 8.73. The van der Waals surface area contributed by atoms with Crippen LogP contribution in [0.25, 0.3) is 0 Å². The average molecular weight is 348 g/mol. The molecule has 6 nitrogen and oxygen atoms in total. The summed E-state index contributed by atoms with van der Waals surface area (Å²) in [7, 11) is 0. The van der Waals surface area contributed by atoms with Crippen molar-refractivity contribution in [2.45, 2.75) is 52.4 Å². The van der Waals surface area contributed by atoms with Gasteiger partial charge in [-0.1, -0.05) is 26.3 Å². The molecular weight excluding hydrogens is 324 g/mol. The monoisotopic (exact) mass is 348 g/mol. The Morgan fingerprint density at radius 2 is 1.84 bits per heavy atom. The highest BCUT2D eigenvalue weighted by atomic mass is 16.6. The van der Waals surface area contributed by atoms with Crippen LogP contribution < -0.4 is 0 Å². The largest absolute Gasteiger partial charge is 0.459 e. The van der Waals surface area contributed by atoms with Crippen molar-refractivity contribution in [2.75, 3.05) is 0 Å². The van der Waals surface area contributed by atoms with Gasteiger partial charge in [-0.3, -0.25) is 14.4 Å². The fourth-order valence-electron chi connectivity index (χ4n) is 6.55. The Balaban J connectivity index is 1.96. The van der Waals surface area contributed by atoms with Gasteiger partial charge in [-0.05, 0) is 18.9 Å². The topological polar surface area (TPSA) is 101 Å². The maximum absolute atomic E-state index is 13.2. The van der Waals surface area contributed by atoms with Gasteiger partial charge in [-0.25, -0.2) is 0 Å². The van der Waals surface area contributed by atoms with Gasteiger partial charge in [0, 0.05) is 29.1 Å². The van der Waals surface area contributed by atoms with Crippen LogP contribution in [0.1, 0.15) is 34.1 Å². The van der Waals surface area contributed by atoms with Crippen molar-refractivity contribution >= 4 is 17.5 Å². The first kappa shape index (κ1) is 16.9. The number of Topliss-reactive ketones (excluding diaryl/α,β-unsaturated/α-hetero) is 1. The Morgan fingerprint density at radius 1 is 1.20 bits per heavy atom. The summed E-state index contributed by atoms with van der Waals surface area (Å²) in [6.45, 7) is 7.09. The zero-order valence-electron chi connectivity index (χ0n) is 14.9. The maximum Gasteiger partial charge on any atom is 0.310 e. The molecule has 0 radical (unpaired) electrons. The fourth-order valence-corrected chi connectivity index (χ4v) is 6.55. The van der Waals surface area contributed by atoms with E-state index in [0.29, 0.717) is 0 Å². The maximum atomic E-state index is 13.2. The third-order valence-corrected chi connectivity index (χ3v) is 7.71. The van der Waals surface area contributed by atoms with Gasteiger partial charge in [0.25, 0.3) is 0 Å². The summed E-state index contributed by atoms with van der Waals surface area (Å²) in [5, 5.41) is 21.9. The van der Waals surface area contributed by atoms with Crippen molar-refractivity contribution in [3.8, 4) is 0 Å². The highest BCUT2D eigenvalue weighted by Gasteiger charge is 2.74. The molecule has 4 rings (SSSR count). The molecule has 9 atom stereocenters. The lowest BCUT2D eigenvalue weighted by molar-refractivity contribution is -0.208. The Hall–Kier alpha value is -1.53. The number of aliphatic hydroxyl groups excluding tert-OH is 2. The summed E-state index contributed by atoms with van der Waals surface area (Å²) in [4.78, 5) is 38.0. The molecule has 6 heteroatoms. The first-order valence-corrected chi connectivity index (χ1v) is 8.88. The van der Waals surface area contributed by atoms with Crippen LogP contribution in [-0.2, 0) is 19.1 Å². The number of carbonyl (C=O) groups excluding carboxylic acids is 3. The van der Waals surface area contributed by atoms with E-state index in [-0.39, 0.29) is 24.0 Å². The standard InChI is InChI=1S/C19H24O6/c1-7-5-10(20)16(23)18(3)9(7)6-11(21)19(4)12-8(2)14(25-17(12)24)13(22)15(18)19/h5,8-9,12-16,22-23H,6H2,1-4H3/t8-,9?,12-,13?,14-,15?,16-,18+,19+/m1/s1. The highest BCUT2D eigenvalue weighted by molar-refractivity contribution is 5.98. The number of ether oxygens (including phenoxy) is 1. The zero-order chi connectivity index (χ0) is 18.5. The van der Waals surface area contributed by atoms with Crippen molar-refractivity contribution in [1.29, 1.82) is 0 Å². The Kier molecular flexibility index (Phi) is 3.24. The van der Waals surface area contributed by atoms with Crippen LogP contribution in [-0.4, -0.2) is 46.1 Å². The molecule has 0 aromatic heterocycles. The number of esters is 1. The molecule has 0 aromatic rings. The van der Waals surface area contributed by atoms with E-state index in [1.165, 1.54) is 6.08 Å². The second kappa shape index (κ2) is 4.80. The molecule has 2 bridgehead atoms. The van der Waals surface area contributed by atoms with Crippen LogP contribution in [0.3, 0.4) is 0 Å². The molecule has 2 saturated carbocycles. The summed E-state index contributed by atoms with van der Waals surface area (Å²) in [5.41, 5.74) is -1.41. The predicted molar refractivity (Wildman–Crippen MR) is 86.1 cm³/mol. The molecule has 1 heterocycles. The normalized spacial score (nSPS) is 54.6. The van der Waals surface area contributed by atoms with Crippen LogP contribution in [0.5, 0.6) is 0 Å². The lowest BCUT2D eigenvalue weighted by Crippen LogP contribution is -2.70. The number of fused-ring (bicyclic) bond motifs is 6. The van der Waals surface area contributed by atoms with Crippen LogP contribution in [0.4, 0.5) is 0 Å². The predicted octanol–water partition coefficient (Wildman–Crippen LogP) is 0.646. The molecule has 0 amide bonds. The molecule has 1 aliphatic heterocycles. The fraction of sp³-hybridized carbons (Fsp3) is 0.737. The van der Waals surface area contributed by atoms with Crippen LogP contribution >= 0.6 is 0 Å². The third-order valence-electron chi connectivity index (χ3n) is 7.71. The summed E-state index contributed by atoms with van der Waals surface area (Å²) >= 11 is 0. The molecule has 4 aliphatic rings. The quantitative estimate of drug-likeness (QED) is 0.623. The molecule has 2 N–H and O–H groups in total. The minimum absolute atomic E-state index is 0.0949. The first-order chi connectivity index (χ1) is 11.6. The molecule has 136 valence electrons. The minimum Gasteiger partial charge on any atom is -0.459 e. The third kappa shape index (κ3) is 1.70. The number of ketones is 2. The average Bonchev–Trinajstić information content (AvgIpc) is 2.78. The van der Waals surface area contributed by atoms with Crippen LogP contribution in [0.15, 0.2) is 11.6 Å². The first-order valence-electron chi connectivity index (χ1n) is 8.88.